The standard InChI is InChI=1S/C13H11ClN2S/c1-9-15-12(8-17-9)7-16-5-4-10-2-3-11(14)6-13(10)16/h2-6,8H,7H2,1H3. The molecule has 0 aliphatic rings. The van der Waals surface area contributed by atoms with Gasteiger partial charge in [-0.25, -0.2) is 4.98 Å². The Kier molecular flexibility index (Phi) is 2.65. The van der Waals surface area contributed by atoms with Crippen LogP contribution in [0.4, 0.5) is 0 Å². The predicted octanol–water partition coefficient (Wildman–Crippen LogP) is 4.11. The van der Waals surface area contributed by atoms with Crippen LogP contribution >= 0.6 is 22.9 Å². The van der Waals surface area contributed by atoms with Gasteiger partial charge < -0.3 is 4.57 Å². The van der Waals surface area contributed by atoms with Gasteiger partial charge in [-0.2, -0.15) is 0 Å². The molecule has 0 saturated heterocycles. The summed E-state index contributed by atoms with van der Waals surface area (Å²) in [4.78, 5) is 4.48. The Labute approximate surface area is 108 Å². The molecule has 17 heavy (non-hydrogen) atoms. The lowest BCUT2D eigenvalue weighted by atomic mass is 10.2. The quantitative estimate of drug-likeness (QED) is 0.680. The van der Waals surface area contributed by atoms with Crippen molar-refractivity contribution in [3.63, 3.8) is 0 Å². The van der Waals surface area contributed by atoms with Gasteiger partial charge in [-0.15, -0.1) is 11.3 Å². The fourth-order valence-electron chi connectivity index (χ4n) is 1.95. The van der Waals surface area contributed by atoms with Crippen LogP contribution in [-0.2, 0) is 6.54 Å². The fraction of sp³-hybridized carbons (Fsp3) is 0.154. The van der Waals surface area contributed by atoms with Crippen LogP contribution in [0.1, 0.15) is 10.7 Å². The molecule has 0 radical (unpaired) electrons. The number of hydrogen-bond donors (Lipinski definition) is 0. The lowest BCUT2D eigenvalue weighted by molar-refractivity contribution is 0.812. The summed E-state index contributed by atoms with van der Waals surface area (Å²) in [5.41, 5.74) is 2.26. The van der Waals surface area contributed by atoms with Crippen LogP contribution in [0, 0.1) is 6.92 Å². The Balaban J connectivity index is 2.03. The van der Waals surface area contributed by atoms with Crippen LogP contribution < -0.4 is 0 Å². The zero-order chi connectivity index (χ0) is 11.8. The molecule has 0 atom stereocenters. The SMILES string of the molecule is Cc1nc(Cn2ccc3ccc(Cl)cc32)cs1. The maximum Gasteiger partial charge on any atom is 0.0898 e. The van der Waals surface area contributed by atoms with E-state index in [4.69, 9.17) is 11.6 Å². The summed E-state index contributed by atoms with van der Waals surface area (Å²) in [6.45, 7) is 2.83. The zero-order valence-corrected chi connectivity index (χ0v) is 10.9. The third kappa shape index (κ3) is 2.08. The number of fused-ring (bicyclic) bond motifs is 1. The summed E-state index contributed by atoms with van der Waals surface area (Å²) >= 11 is 7.71. The topological polar surface area (TPSA) is 17.8 Å². The van der Waals surface area contributed by atoms with E-state index < -0.39 is 0 Å². The van der Waals surface area contributed by atoms with E-state index >= 15 is 0 Å². The molecule has 0 amide bonds. The molecular formula is C13H11ClN2S. The second kappa shape index (κ2) is 4.17. The Morgan fingerprint density at radius 2 is 2.24 bits per heavy atom. The minimum Gasteiger partial charge on any atom is -0.341 e. The Morgan fingerprint density at radius 3 is 3.00 bits per heavy atom. The summed E-state index contributed by atoms with van der Waals surface area (Å²) in [7, 11) is 0. The van der Waals surface area contributed by atoms with E-state index in [-0.39, 0.29) is 0 Å². The van der Waals surface area contributed by atoms with Gasteiger partial charge in [-0.3, -0.25) is 0 Å². The highest BCUT2D eigenvalue weighted by Gasteiger charge is 2.04. The second-order valence-corrected chi connectivity index (χ2v) is 5.50. The van der Waals surface area contributed by atoms with Crippen LogP contribution in [0.3, 0.4) is 0 Å². The van der Waals surface area contributed by atoms with Gasteiger partial charge in [0.15, 0.2) is 0 Å². The third-order valence-corrected chi connectivity index (χ3v) is 3.79. The van der Waals surface area contributed by atoms with Crippen LogP contribution in [0.25, 0.3) is 10.9 Å². The molecule has 0 fully saturated rings. The Morgan fingerprint density at radius 1 is 1.35 bits per heavy atom. The highest BCUT2D eigenvalue weighted by atomic mass is 35.5. The van der Waals surface area contributed by atoms with Gasteiger partial charge in [-0.05, 0) is 30.5 Å². The summed E-state index contributed by atoms with van der Waals surface area (Å²) in [6, 6.07) is 8.06. The molecule has 2 aromatic heterocycles. The largest absolute Gasteiger partial charge is 0.341 e. The highest BCUT2D eigenvalue weighted by Crippen LogP contribution is 2.21. The van der Waals surface area contributed by atoms with E-state index in [1.54, 1.807) is 11.3 Å². The minimum absolute atomic E-state index is 0.770. The van der Waals surface area contributed by atoms with Gasteiger partial charge in [0, 0.05) is 22.1 Å². The first kappa shape index (κ1) is 10.8. The lowest BCUT2D eigenvalue weighted by Gasteiger charge is -2.03. The number of aromatic nitrogens is 2. The summed E-state index contributed by atoms with van der Waals surface area (Å²) in [5.74, 6) is 0. The van der Waals surface area contributed by atoms with Crippen LogP contribution in [-0.4, -0.2) is 9.55 Å². The van der Waals surface area contributed by atoms with Crippen molar-refractivity contribution >= 4 is 33.8 Å². The molecule has 0 N–H and O–H groups in total. The van der Waals surface area contributed by atoms with E-state index in [0.717, 1.165) is 27.8 Å². The smallest absolute Gasteiger partial charge is 0.0898 e. The molecule has 0 saturated carbocycles. The molecule has 0 aliphatic carbocycles. The monoisotopic (exact) mass is 262 g/mol. The molecule has 86 valence electrons. The summed E-state index contributed by atoms with van der Waals surface area (Å²) in [5, 5.41) is 5.19. The molecule has 0 aliphatic heterocycles. The number of benzene rings is 1. The van der Waals surface area contributed by atoms with Crippen molar-refractivity contribution in [3.8, 4) is 0 Å². The molecule has 0 bridgehead atoms. The summed E-state index contributed by atoms with van der Waals surface area (Å²) in [6.07, 6.45) is 2.08. The van der Waals surface area contributed by atoms with E-state index in [1.807, 2.05) is 25.1 Å². The van der Waals surface area contributed by atoms with Gasteiger partial charge in [0.1, 0.15) is 0 Å². The van der Waals surface area contributed by atoms with E-state index in [1.165, 1.54) is 5.39 Å². The first-order chi connectivity index (χ1) is 8.22. The van der Waals surface area contributed by atoms with Crippen molar-refractivity contribution in [1.29, 1.82) is 0 Å². The van der Waals surface area contributed by atoms with E-state index in [9.17, 15) is 0 Å². The normalized spacial score (nSPS) is 11.2. The molecule has 0 unspecified atom stereocenters. The first-order valence-corrected chi connectivity index (χ1v) is 6.63. The molecule has 1 aromatic carbocycles. The fourth-order valence-corrected chi connectivity index (χ4v) is 2.72. The van der Waals surface area contributed by atoms with E-state index in [0.29, 0.717) is 0 Å². The number of hydrogen-bond acceptors (Lipinski definition) is 2. The predicted molar refractivity (Wildman–Crippen MR) is 72.9 cm³/mol. The molecule has 0 spiro atoms. The Hall–Kier alpha value is -1.32. The van der Waals surface area contributed by atoms with Gasteiger partial charge in [-0.1, -0.05) is 17.7 Å². The average molecular weight is 263 g/mol. The van der Waals surface area contributed by atoms with Crippen molar-refractivity contribution in [2.75, 3.05) is 0 Å². The second-order valence-electron chi connectivity index (χ2n) is 4.00. The maximum atomic E-state index is 6.03. The number of aryl methyl sites for hydroxylation is 1. The maximum absolute atomic E-state index is 6.03. The van der Waals surface area contributed by atoms with Crippen LogP contribution in [0.15, 0.2) is 35.8 Å². The van der Waals surface area contributed by atoms with Crippen LogP contribution in [0.2, 0.25) is 5.02 Å². The van der Waals surface area contributed by atoms with E-state index in [2.05, 4.69) is 27.2 Å². The van der Waals surface area contributed by atoms with Gasteiger partial charge >= 0.3 is 0 Å². The molecule has 2 nitrogen and oxygen atoms in total. The zero-order valence-electron chi connectivity index (χ0n) is 9.35. The molecular weight excluding hydrogens is 252 g/mol. The van der Waals surface area contributed by atoms with Gasteiger partial charge in [0.2, 0.25) is 0 Å². The van der Waals surface area contributed by atoms with Gasteiger partial charge in [0.05, 0.1) is 17.2 Å². The molecule has 4 heteroatoms. The number of thiazole rings is 1. The van der Waals surface area contributed by atoms with Crippen molar-refractivity contribution in [3.05, 3.63) is 51.6 Å². The minimum atomic E-state index is 0.770. The average Bonchev–Trinajstić information content (AvgIpc) is 2.87. The van der Waals surface area contributed by atoms with Crippen molar-refractivity contribution < 1.29 is 0 Å². The first-order valence-electron chi connectivity index (χ1n) is 5.38. The summed E-state index contributed by atoms with van der Waals surface area (Å²) < 4.78 is 2.18. The lowest BCUT2D eigenvalue weighted by Crippen LogP contribution is -1.97. The highest BCUT2D eigenvalue weighted by molar-refractivity contribution is 7.09. The Bertz CT molecular complexity index is 669. The van der Waals surface area contributed by atoms with Crippen LogP contribution in [0.5, 0.6) is 0 Å². The molecule has 2 heterocycles. The van der Waals surface area contributed by atoms with Crippen molar-refractivity contribution in [2.45, 2.75) is 13.5 Å². The van der Waals surface area contributed by atoms with Crippen molar-refractivity contribution in [1.82, 2.24) is 9.55 Å². The van der Waals surface area contributed by atoms with Crippen molar-refractivity contribution in [2.24, 2.45) is 0 Å². The van der Waals surface area contributed by atoms with Gasteiger partial charge in [0.25, 0.3) is 0 Å². The number of nitrogens with zero attached hydrogens (tertiary/aromatic N) is 2. The molecule has 3 aromatic rings. The molecule has 3 rings (SSSR count). The third-order valence-electron chi connectivity index (χ3n) is 2.73. The number of halogens is 1. The number of rotatable bonds is 2.